The highest BCUT2D eigenvalue weighted by atomic mass is 16.2. The smallest absolute Gasteiger partial charge is 0.274 e. The second kappa shape index (κ2) is 10.00. The number of carbonyl (C=O) groups excluding carboxylic acids is 1. The van der Waals surface area contributed by atoms with Crippen molar-refractivity contribution in [1.82, 2.24) is 24.9 Å². The van der Waals surface area contributed by atoms with E-state index in [-0.39, 0.29) is 23.2 Å². The first-order valence-corrected chi connectivity index (χ1v) is 12.0. The van der Waals surface area contributed by atoms with Gasteiger partial charge in [0.1, 0.15) is 0 Å². The number of carbonyl (C=O) groups is 1. The standard InChI is InChI=1S/C29H27N5O2/c1-20(2)34-29(36)26-11-6-5-10-25(26)27(32-34)28(35)30-18-23-8-3-4-9-24(23)22-14-12-21(13-15-22)19-33-17-7-16-31-33/h3-17,20H,18-19H2,1-2H3,(H,30,35). The summed E-state index contributed by atoms with van der Waals surface area (Å²) >= 11 is 0. The minimum atomic E-state index is -0.315. The van der Waals surface area contributed by atoms with Crippen LogP contribution in [0.15, 0.2) is 96.1 Å². The zero-order valence-corrected chi connectivity index (χ0v) is 20.3. The van der Waals surface area contributed by atoms with Crippen LogP contribution in [0.3, 0.4) is 0 Å². The first-order valence-electron chi connectivity index (χ1n) is 12.0. The Labute approximate surface area is 209 Å². The van der Waals surface area contributed by atoms with Gasteiger partial charge in [0.05, 0.1) is 18.0 Å². The van der Waals surface area contributed by atoms with E-state index in [0.29, 0.717) is 23.9 Å². The van der Waals surface area contributed by atoms with E-state index in [0.717, 1.165) is 22.3 Å². The summed E-state index contributed by atoms with van der Waals surface area (Å²) in [7, 11) is 0. The van der Waals surface area contributed by atoms with Crippen molar-refractivity contribution in [3.63, 3.8) is 0 Å². The lowest BCUT2D eigenvalue weighted by Crippen LogP contribution is -2.31. The van der Waals surface area contributed by atoms with Gasteiger partial charge in [-0.2, -0.15) is 10.2 Å². The predicted molar refractivity (Wildman–Crippen MR) is 141 cm³/mol. The maximum absolute atomic E-state index is 13.3. The van der Waals surface area contributed by atoms with Crippen LogP contribution in [0.5, 0.6) is 0 Å². The van der Waals surface area contributed by atoms with Gasteiger partial charge in [-0.15, -0.1) is 0 Å². The molecule has 0 aliphatic carbocycles. The fourth-order valence-electron chi connectivity index (χ4n) is 4.31. The van der Waals surface area contributed by atoms with E-state index < -0.39 is 0 Å². The van der Waals surface area contributed by atoms with Crippen LogP contribution in [-0.4, -0.2) is 25.5 Å². The SMILES string of the molecule is CC(C)n1nc(C(=O)NCc2ccccc2-c2ccc(Cn3cccn3)cc2)c2ccccc2c1=O. The van der Waals surface area contributed by atoms with Crippen LogP contribution in [0.25, 0.3) is 21.9 Å². The normalized spacial score (nSPS) is 11.2. The number of aromatic nitrogens is 4. The first-order chi connectivity index (χ1) is 17.5. The quantitative estimate of drug-likeness (QED) is 0.364. The number of nitrogens with zero attached hydrogens (tertiary/aromatic N) is 4. The van der Waals surface area contributed by atoms with Crippen LogP contribution >= 0.6 is 0 Å². The van der Waals surface area contributed by atoms with Crippen molar-refractivity contribution in [2.24, 2.45) is 0 Å². The molecule has 1 N–H and O–H groups in total. The molecule has 7 nitrogen and oxygen atoms in total. The highest BCUT2D eigenvalue weighted by Crippen LogP contribution is 2.24. The number of hydrogen-bond donors (Lipinski definition) is 1. The minimum absolute atomic E-state index is 0.161. The number of fused-ring (bicyclic) bond motifs is 1. The van der Waals surface area contributed by atoms with E-state index in [1.807, 2.05) is 55.1 Å². The summed E-state index contributed by atoms with van der Waals surface area (Å²) in [5.41, 5.74) is 4.32. The summed E-state index contributed by atoms with van der Waals surface area (Å²) in [5.74, 6) is -0.315. The Morgan fingerprint density at radius 1 is 0.917 bits per heavy atom. The average molecular weight is 478 g/mol. The summed E-state index contributed by atoms with van der Waals surface area (Å²) in [5, 5.41) is 12.7. The maximum atomic E-state index is 13.3. The molecule has 3 aromatic carbocycles. The van der Waals surface area contributed by atoms with Gasteiger partial charge < -0.3 is 5.32 Å². The molecule has 5 rings (SSSR count). The Bertz CT molecular complexity index is 1570. The van der Waals surface area contributed by atoms with Gasteiger partial charge >= 0.3 is 0 Å². The van der Waals surface area contributed by atoms with Gasteiger partial charge in [0.25, 0.3) is 11.5 Å². The Hall–Kier alpha value is -4.52. The molecule has 0 unspecified atom stereocenters. The fourth-order valence-corrected chi connectivity index (χ4v) is 4.31. The molecule has 0 radical (unpaired) electrons. The summed E-state index contributed by atoms with van der Waals surface area (Å²) in [6.45, 7) is 4.80. The molecule has 36 heavy (non-hydrogen) atoms. The molecule has 0 spiro atoms. The van der Waals surface area contributed by atoms with Gasteiger partial charge in [-0.05, 0) is 48.2 Å². The van der Waals surface area contributed by atoms with Crippen molar-refractivity contribution in [1.29, 1.82) is 0 Å². The largest absolute Gasteiger partial charge is 0.347 e. The van der Waals surface area contributed by atoms with Crippen molar-refractivity contribution >= 4 is 16.7 Å². The minimum Gasteiger partial charge on any atom is -0.347 e. The number of rotatable bonds is 7. The van der Waals surface area contributed by atoms with Crippen molar-refractivity contribution in [3.05, 3.63) is 118 Å². The van der Waals surface area contributed by atoms with Gasteiger partial charge in [-0.1, -0.05) is 66.7 Å². The second-order valence-corrected chi connectivity index (χ2v) is 8.98. The van der Waals surface area contributed by atoms with Gasteiger partial charge in [0.15, 0.2) is 5.69 Å². The fraction of sp³-hybridized carbons (Fsp3) is 0.172. The van der Waals surface area contributed by atoms with Crippen LogP contribution in [0, 0.1) is 0 Å². The number of benzene rings is 3. The van der Waals surface area contributed by atoms with Gasteiger partial charge in [0.2, 0.25) is 0 Å². The van der Waals surface area contributed by atoms with Crippen molar-refractivity contribution in [3.8, 4) is 11.1 Å². The van der Waals surface area contributed by atoms with Crippen LogP contribution in [0.2, 0.25) is 0 Å². The zero-order valence-electron chi connectivity index (χ0n) is 20.3. The van der Waals surface area contributed by atoms with E-state index in [1.165, 1.54) is 4.68 Å². The second-order valence-electron chi connectivity index (χ2n) is 8.98. The van der Waals surface area contributed by atoms with Crippen molar-refractivity contribution < 1.29 is 4.79 Å². The average Bonchev–Trinajstić information content (AvgIpc) is 3.41. The molecule has 0 saturated carbocycles. The van der Waals surface area contributed by atoms with Gasteiger partial charge in [-0.25, -0.2) is 4.68 Å². The van der Waals surface area contributed by atoms with E-state index in [9.17, 15) is 9.59 Å². The molecule has 180 valence electrons. The van der Waals surface area contributed by atoms with Crippen LogP contribution in [-0.2, 0) is 13.1 Å². The molecular weight excluding hydrogens is 450 g/mol. The molecule has 0 aliphatic heterocycles. The zero-order chi connectivity index (χ0) is 25.1. The lowest BCUT2D eigenvalue weighted by molar-refractivity contribution is 0.0945. The van der Waals surface area contributed by atoms with Crippen LogP contribution in [0.1, 0.15) is 41.5 Å². The lowest BCUT2D eigenvalue weighted by Gasteiger charge is -2.14. The molecular formula is C29H27N5O2. The van der Waals surface area contributed by atoms with E-state index in [2.05, 4.69) is 45.8 Å². The number of hydrogen-bond acceptors (Lipinski definition) is 4. The molecule has 0 atom stereocenters. The molecule has 0 aliphatic rings. The highest BCUT2D eigenvalue weighted by Gasteiger charge is 2.18. The summed E-state index contributed by atoms with van der Waals surface area (Å²) < 4.78 is 3.26. The number of nitrogens with one attached hydrogen (secondary N) is 1. The van der Waals surface area contributed by atoms with Crippen LogP contribution in [0.4, 0.5) is 0 Å². The summed E-state index contributed by atoms with van der Waals surface area (Å²) in [4.78, 5) is 26.1. The predicted octanol–water partition coefficient (Wildman–Crippen LogP) is 4.82. The van der Waals surface area contributed by atoms with Crippen molar-refractivity contribution in [2.75, 3.05) is 0 Å². The first kappa shape index (κ1) is 23.2. The molecule has 1 amide bonds. The van der Waals surface area contributed by atoms with E-state index in [1.54, 1.807) is 24.4 Å². The van der Waals surface area contributed by atoms with Gasteiger partial charge in [0, 0.05) is 24.3 Å². The Morgan fingerprint density at radius 3 is 2.36 bits per heavy atom. The number of amides is 1. The third-order valence-corrected chi connectivity index (χ3v) is 6.16. The molecule has 5 aromatic rings. The van der Waals surface area contributed by atoms with Crippen LogP contribution < -0.4 is 10.9 Å². The van der Waals surface area contributed by atoms with Gasteiger partial charge in [-0.3, -0.25) is 14.3 Å². The summed E-state index contributed by atoms with van der Waals surface area (Å²) in [6.07, 6.45) is 3.71. The molecule has 0 fully saturated rings. The molecule has 2 heterocycles. The summed E-state index contributed by atoms with van der Waals surface area (Å²) in [6, 6.07) is 25.2. The third kappa shape index (κ3) is 4.68. The topological polar surface area (TPSA) is 81.8 Å². The molecule has 7 heteroatoms. The molecule has 0 saturated heterocycles. The Balaban J connectivity index is 1.39. The van der Waals surface area contributed by atoms with E-state index >= 15 is 0 Å². The lowest BCUT2D eigenvalue weighted by atomic mass is 9.98. The Kier molecular flexibility index (Phi) is 6.45. The maximum Gasteiger partial charge on any atom is 0.274 e. The third-order valence-electron chi connectivity index (χ3n) is 6.16. The highest BCUT2D eigenvalue weighted by molar-refractivity contribution is 6.04. The Morgan fingerprint density at radius 2 is 1.64 bits per heavy atom. The van der Waals surface area contributed by atoms with Crippen molar-refractivity contribution in [2.45, 2.75) is 33.0 Å². The molecule has 0 bridgehead atoms. The monoisotopic (exact) mass is 477 g/mol. The molecule has 2 aromatic heterocycles. The van der Waals surface area contributed by atoms with E-state index in [4.69, 9.17) is 0 Å².